The van der Waals surface area contributed by atoms with Crippen LogP contribution < -0.4 is 10.1 Å². The second kappa shape index (κ2) is 7.98. The average Bonchev–Trinajstić information content (AvgIpc) is 2.45. The molecule has 0 spiro atoms. The Morgan fingerprint density at radius 2 is 2.10 bits per heavy atom. The van der Waals surface area contributed by atoms with Gasteiger partial charge in [0.05, 0.1) is 6.61 Å². The van der Waals surface area contributed by atoms with Gasteiger partial charge in [-0.1, -0.05) is 15.9 Å². The molecule has 1 N–H and O–H groups in total. The quantitative estimate of drug-likeness (QED) is 0.771. The molecule has 112 valence electrons. The van der Waals surface area contributed by atoms with Gasteiger partial charge in [-0.15, -0.1) is 0 Å². The van der Waals surface area contributed by atoms with Gasteiger partial charge in [0.25, 0.3) is 0 Å². The molecule has 1 aromatic rings. The summed E-state index contributed by atoms with van der Waals surface area (Å²) in [4.78, 5) is 0. The zero-order valence-electron chi connectivity index (χ0n) is 12.0. The third-order valence-electron chi connectivity index (χ3n) is 3.25. The zero-order valence-corrected chi connectivity index (χ0v) is 13.6. The number of benzene rings is 1. The van der Waals surface area contributed by atoms with Crippen molar-refractivity contribution in [3.05, 3.63) is 28.2 Å². The molecule has 1 heterocycles. The highest BCUT2D eigenvalue weighted by Gasteiger charge is 2.22. The van der Waals surface area contributed by atoms with Crippen LogP contribution in [0.3, 0.4) is 0 Å². The van der Waals surface area contributed by atoms with Gasteiger partial charge in [-0.3, -0.25) is 0 Å². The second-order valence-corrected chi connectivity index (χ2v) is 5.54. The fourth-order valence-electron chi connectivity index (χ4n) is 2.35. The Balaban J connectivity index is 1.98. The Bertz CT molecular complexity index is 422. The normalized spacial score (nSPS) is 17.9. The van der Waals surface area contributed by atoms with Crippen LogP contribution in [0.15, 0.2) is 22.7 Å². The Morgan fingerprint density at radius 3 is 2.80 bits per heavy atom. The minimum absolute atomic E-state index is 0.191. The van der Waals surface area contributed by atoms with E-state index in [-0.39, 0.29) is 12.3 Å². The summed E-state index contributed by atoms with van der Waals surface area (Å²) >= 11 is 3.51. The molecule has 0 aromatic heterocycles. The van der Waals surface area contributed by atoms with Crippen molar-refractivity contribution in [2.45, 2.75) is 32.6 Å². The Morgan fingerprint density at radius 1 is 1.35 bits per heavy atom. The maximum absolute atomic E-state index is 5.69. The van der Waals surface area contributed by atoms with E-state index < -0.39 is 0 Å². The van der Waals surface area contributed by atoms with Gasteiger partial charge in [-0.05, 0) is 32.0 Å². The van der Waals surface area contributed by atoms with Gasteiger partial charge in [0.1, 0.15) is 5.75 Å². The smallest absolute Gasteiger partial charge is 0.169 e. The number of rotatable bonds is 7. The molecule has 1 aromatic carbocycles. The van der Waals surface area contributed by atoms with Gasteiger partial charge in [-0.25, -0.2) is 0 Å². The van der Waals surface area contributed by atoms with E-state index in [1.54, 1.807) is 0 Å². The van der Waals surface area contributed by atoms with Crippen LogP contribution >= 0.6 is 15.9 Å². The van der Waals surface area contributed by atoms with Crippen LogP contribution in [0.2, 0.25) is 0 Å². The first kappa shape index (κ1) is 15.8. The van der Waals surface area contributed by atoms with Crippen molar-refractivity contribution in [1.29, 1.82) is 0 Å². The summed E-state index contributed by atoms with van der Waals surface area (Å²) in [5.74, 6) is 0.960. The lowest BCUT2D eigenvalue weighted by Crippen LogP contribution is -2.36. The molecular formula is C15H22BrNO3. The summed E-state index contributed by atoms with van der Waals surface area (Å²) in [7, 11) is 0. The minimum Gasteiger partial charge on any atom is -0.493 e. The Kier molecular flexibility index (Phi) is 6.29. The molecule has 0 saturated carbocycles. The summed E-state index contributed by atoms with van der Waals surface area (Å²) in [6.07, 6.45) is 0.762. The highest BCUT2D eigenvalue weighted by molar-refractivity contribution is 9.10. The van der Waals surface area contributed by atoms with Crippen LogP contribution in [0.1, 0.15) is 31.9 Å². The molecule has 0 bridgehead atoms. The first-order valence-corrected chi connectivity index (χ1v) is 7.92. The minimum atomic E-state index is -0.191. The van der Waals surface area contributed by atoms with Gasteiger partial charge >= 0.3 is 0 Å². The molecule has 0 fully saturated rings. The van der Waals surface area contributed by atoms with Crippen molar-refractivity contribution < 1.29 is 14.2 Å². The van der Waals surface area contributed by atoms with Crippen molar-refractivity contribution in [3.63, 3.8) is 0 Å². The van der Waals surface area contributed by atoms with E-state index >= 15 is 0 Å². The standard InChI is InChI=1S/C15H22BrNO3/c1-3-18-15(19-4-2)10-17-13-7-8-20-14-6-5-11(16)9-12(13)14/h5-6,9,13,15,17H,3-4,7-8,10H2,1-2H3. The molecule has 0 saturated heterocycles. The first-order chi connectivity index (χ1) is 9.74. The lowest BCUT2D eigenvalue weighted by molar-refractivity contribution is -0.134. The van der Waals surface area contributed by atoms with Crippen molar-refractivity contribution >= 4 is 15.9 Å². The molecule has 0 radical (unpaired) electrons. The van der Waals surface area contributed by atoms with Crippen molar-refractivity contribution in [1.82, 2.24) is 5.32 Å². The van der Waals surface area contributed by atoms with Crippen LogP contribution in [-0.4, -0.2) is 32.7 Å². The molecule has 1 aliphatic rings. The molecule has 0 aliphatic carbocycles. The van der Waals surface area contributed by atoms with Crippen LogP contribution in [-0.2, 0) is 9.47 Å². The lowest BCUT2D eigenvalue weighted by Gasteiger charge is -2.28. The van der Waals surface area contributed by atoms with Crippen molar-refractivity contribution in [2.75, 3.05) is 26.4 Å². The molecule has 20 heavy (non-hydrogen) atoms. The molecule has 2 rings (SSSR count). The lowest BCUT2D eigenvalue weighted by atomic mass is 10.0. The maximum atomic E-state index is 5.69. The van der Waals surface area contributed by atoms with Gasteiger partial charge in [0.15, 0.2) is 6.29 Å². The predicted molar refractivity (Wildman–Crippen MR) is 82.0 cm³/mol. The number of halogens is 1. The van der Waals surface area contributed by atoms with E-state index in [1.165, 1.54) is 5.56 Å². The first-order valence-electron chi connectivity index (χ1n) is 7.13. The number of ether oxygens (including phenoxy) is 3. The van der Waals surface area contributed by atoms with E-state index in [9.17, 15) is 0 Å². The van der Waals surface area contributed by atoms with Crippen LogP contribution in [0, 0.1) is 0 Å². The third kappa shape index (κ3) is 4.19. The number of nitrogens with one attached hydrogen (secondary N) is 1. The topological polar surface area (TPSA) is 39.7 Å². The predicted octanol–water partition coefficient (Wildman–Crippen LogP) is 3.26. The summed E-state index contributed by atoms with van der Waals surface area (Å²) < 4.78 is 17.9. The van der Waals surface area contributed by atoms with Gasteiger partial charge in [-0.2, -0.15) is 0 Å². The summed E-state index contributed by atoms with van der Waals surface area (Å²) in [6.45, 7) is 6.68. The Labute approximate surface area is 128 Å². The molecule has 0 amide bonds. The second-order valence-electron chi connectivity index (χ2n) is 4.62. The monoisotopic (exact) mass is 343 g/mol. The van der Waals surface area contributed by atoms with Crippen molar-refractivity contribution in [3.8, 4) is 5.75 Å². The zero-order chi connectivity index (χ0) is 14.4. The number of fused-ring (bicyclic) bond motifs is 1. The van der Waals surface area contributed by atoms with E-state index in [4.69, 9.17) is 14.2 Å². The third-order valence-corrected chi connectivity index (χ3v) is 3.74. The molecular weight excluding hydrogens is 322 g/mol. The molecule has 1 aliphatic heterocycles. The highest BCUT2D eigenvalue weighted by Crippen LogP contribution is 2.34. The fraction of sp³-hybridized carbons (Fsp3) is 0.600. The largest absolute Gasteiger partial charge is 0.493 e. The van der Waals surface area contributed by atoms with E-state index in [0.29, 0.717) is 19.8 Å². The highest BCUT2D eigenvalue weighted by atomic mass is 79.9. The van der Waals surface area contributed by atoms with Crippen molar-refractivity contribution in [2.24, 2.45) is 0 Å². The van der Waals surface area contributed by atoms with E-state index in [2.05, 4.69) is 27.3 Å². The Hall–Kier alpha value is -0.620. The van der Waals surface area contributed by atoms with Gasteiger partial charge in [0.2, 0.25) is 0 Å². The summed E-state index contributed by atoms with van der Waals surface area (Å²) in [5.41, 5.74) is 1.19. The SMILES string of the molecule is CCOC(CNC1CCOc2ccc(Br)cc21)OCC. The molecule has 1 unspecified atom stereocenters. The van der Waals surface area contributed by atoms with Crippen LogP contribution in [0.25, 0.3) is 0 Å². The number of hydrogen-bond donors (Lipinski definition) is 1. The van der Waals surface area contributed by atoms with Crippen LogP contribution in [0.5, 0.6) is 5.75 Å². The van der Waals surface area contributed by atoms with Crippen LogP contribution in [0.4, 0.5) is 0 Å². The summed E-state index contributed by atoms with van der Waals surface area (Å²) in [6, 6.07) is 6.41. The summed E-state index contributed by atoms with van der Waals surface area (Å²) in [5, 5.41) is 3.52. The average molecular weight is 344 g/mol. The fourth-order valence-corrected chi connectivity index (χ4v) is 2.73. The molecule has 5 heteroatoms. The molecule has 1 atom stereocenters. The van der Waals surface area contributed by atoms with Gasteiger partial charge in [0, 0.05) is 42.3 Å². The number of hydrogen-bond acceptors (Lipinski definition) is 4. The molecule has 4 nitrogen and oxygen atoms in total. The maximum Gasteiger partial charge on any atom is 0.169 e. The van der Waals surface area contributed by atoms with E-state index in [0.717, 1.165) is 23.2 Å². The van der Waals surface area contributed by atoms with E-state index in [1.807, 2.05) is 26.0 Å². The van der Waals surface area contributed by atoms with Gasteiger partial charge < -0.3 is 19.5 Å².